The molecule has 0 saturated carbocycles. The van der Waals surface area contributed by atoms with Crippen LogP contribution in [0.15, 0.2) is 40.2 Å². The lowest BCUT2D eigenvalue weighted by molar-refractivity contribution is 0.221. The van der Waals surface area contributed by atoms with E-state index < -0.39 is 0 Å². The predicted molar refractivity (Wildman–Crippen MR) is 84.0 cm³/mol. The molecule has 1 aromatic carbocycles. The van der Waals surface area contributed by atoms with Gasteiger partial charge in [-0.2, -0.15) is 0 Å². The summed E-state index contributed by atoms with van der Waals surface area (Å²) in [6.07, 6.45) is 0. The molecule has 2 aromatic rings. The van der Waals surface area contributed by atoms with Crippen LogP contribution in [0.1, 0.15) is 4.88 Å². The summed E-state index contributed by atoms with van der Waals surface area (Å²) in [4.78, 5) is 14.7. The van der Waals surface area contributed by atoms with Gasteiger partial charge in [0.1, 0.15) is 0 Å². The number of rotatable bonds is 3. The first-order valence-electron chi connectivity index (χ1n) is 5.55. The quantitative estimate of drug-likeness (QED) is 0.836. The number of halogens is 2. The van der Waals surface area contributed by atoms with Crippen LogP contribution in [0.2, 0.25) is 5.02 Å². The molecule has 3 nitrogen and oxygen atoms in total. The molecular weight excluding hydrogens is 348 g/mol. The normalized spacial score (nSPS) is 10.3. The highest BCUT2D eigenvalue weighted by Gasteiger charge is 2.10. The number of amides is 2. The van der Waals surface area contributed by atoms with E-state index in [9.17, 15) is 4.79 Å². The number of benzene rings is 1. The Balaban J connectivity index is 1.96. The van der Waals surface area contributed by atoms with E-state index in [1.165, 1.54) is 0 Å². The van der Waals surface area contributed by atoms with E-state index >= 15 is 0 Å². The number of carbonyl (C=O) groups excluding carboxylic acids is 1. The fourth-order valence-corrected chi connectivity index (χ4v) is 3.22. The Kier molecular flexibility index (Phi) is 4.85. The van der Waals surface area contributed by atoms with Crippen LogP contribution in [0.3, 0.4) is 0 Å². The van der Waals surface area contributed by atoms with E-state index in [-0.39, 0.29) is 6.03 Å². The van der Waals surface area contributed by atoms with Gasteiger partial charge in [-0.1, -0.05) is 17.7 Å². The molecular formula is C13H12BrClN2OS. The third kappa shape index (κ3) is 4.23. The largest absolute Gasteiger partial charge is 0.322 e. The molecule has 6 heteroatoms. The third-order valence-corrected chi connectivity index (χ3v) is 4.35. The summed E-state index contributed by atoms with van der Waals surface area (Å²) in [6.45, 7) is 0.572. The molecule has 0 aliphatic carbocycles. The number of nitrogens with zero attached hydrogens (tertiary/aromatic N) is 1. The molecule has 0 unspecified atom stereocenters. The summed E-state index contributed by atoms with van der Waals surface area (Å²) < 4.78 is 1.04. The van der Waals surface area contributed by atoms with Crippen molar-refractivity contribution in [3.05, 3.63) is 50.1 Å². The Morgan fingerprint density at radius 3 is 2.89 bits per heavy atom. The Morgan fingerprint density at radius 2 is 2.26 bits per heavy atom. The van der Waals surface area contributed by atoms with Crippen molar-refractivity contribution >= 4 is 50.6 Å². The van der Waals surface area contributed by atoms with E-state index in [0.717, 1.165) is 9.35 Å². The second kappa shape index (κ2) is 6.41. The molecule has 0 aliphatic rings. The topological polar surface area (TPSA) is 32.3 Å². The van der Waals surface area contributed by atoms with Gasteiger partial charge in [0.2, 0.25) is 0 Å². The van der Waals surface area contributed by atoms with Gasteiger partial charge in [0, 0.05) is 32.5 Å². The maximum Gasteiger partial charge on any atom is 0.321 e. The van der Waals surface area contributed by atoms with E-state index in [4.69, 9.17) is 11.6 Å². The molecule has 2 amide bonds. The molecule has 2 rings (SSSR count). The Labute approximate surface area is 129 Å². The molecule has 0 aliphatic heterocycles. The zero-order valence-electron chi connectivity index (χ0n) is 10.2. The molecule has 19 heavy (non-hydrogen) atoms. The second-order valence-electron chi connectivity index (χ2n) is 4.03. The minimum Gasteiger partial charge on any atom is -0.322 e. The molecule has 0 saturated heterocycles. The minimum atomic E-state index is -0.160. The number of hydrogen-bond donors (Lipinski definition) is 1. The number of anilines is 1. The number of hydrogen-bond acceptors (Lipinski definition) is 2. The van der Waals surface area contributed by atoms with Gasteiger partial charge in [0.15, 0.2) is 0 Å². The van der Waals surface area contributed by atoms with Gasteiger partial charge >= 0.3 is 6.03 Å². The molecule has 0 fully saturated rings. The van der Waals surface area contributed by atoms with Crippen molar-refractivity contribution in [3.63, 3.8) is 0 Å². The van der Waals surface area contributed by atoms with Gasteiger partial charge in [0.25, 0.3) is 0 Å². The first-order chi connectivity index (χ1) is 9.04. The van der Waals surface area contributed by atoms with Gasteiger partial charge in [-0.05, 0) is 40.2 Å². The molecule has 0 spiro atoms. The molecule has 1 aromatic heterocycles. The Hall–Kier alpha value is -1.04. The molecule has 0 atom stereocenters. The highest BCUT2D eigenvalue weighted by molar-refractivity contribution is 9.10. The van der Waals surface area contributed by atoms with Crippen LogP contribution in [0, 0.1) is 0 Å². The van der Waals surface area contributed by atoms with Gasteiger partial charge in [0.05, 0.1) is 6.54 Å². The highest BCUT2D eigenvalue weighted by atomic mass is 79.9. The number of nitrogens with one attached hydrogen (secondary N) is 1. The van der Waals surface area contributed by atoms with Crippen LogP contribution in [-0.2, 0) is 6.54 Å². The fraction of sp³-hybridized carbons (Fsp3) is 0.154. The summed E-state index contributed by atoms with van der Waals surface area (Å²) in [5.41, 5.74) is 0.691. The number of urea groups is 1. The van der Waals surface area contributed by atoms with Crippen LogP contribution in [0.5, 0.6) is 0 Å². The monoisotopic (exact) mass is 358 g/mol. The van der Waals surface area contributed by atoms with Gasteiger partial charge in [-0.3, -0.25) is 0 Å². The molecule has 1 N–H and O–H groups in total. The predicted octanol–water partition coefficient (Wildman–Crippen LogP) is 4.83. The fourth-order valence-electron chi connectivity index (χ4n) is 1.53. The molecule has 0 bridgehead atoms. The summed E-state index contributed by atoms with van der Waals surface area (Å²) in [5, 5.41) is 5.40. The average molecular weight is 360 g/mol. The summed E-state index contributed by atoms with van der Waals surface area (Å²) in [5.74, 6) is 0. The maximum atomic E-state index is 12.0. The van der Waals surface area contributed by atoms with Crippen molar-refractivity contribution < 1.29 is 4.79 Å². The van der Waals surface area contributed by atoms with Crippen LogP contribution in [0.4, 0.5) is 10.5 Å². The van der Waals surface area contributed by atoms with Gasteiger partial charge in [-0.15, -0.1) is 11.3 Å². The maximum absolute atomic E-state index is 12.0. The number of carbonyl (C=O) groups is 1. The van der Waals surface area contributed by atoms with Crippen LogP contribution < -0.4 is 5.32 Å². The Bertz CT molecular complexity index is 588. The lowest BCUT2D eigenvalue weighted by atomic mass is 10.3. The lowest BCUT2D eigenvalue weighted by Crippen LogP contribution is -2.30. The zero-order valence-corrected chi connectivity index (χ0v) is 13.3. The lowest BCUT2D eigenvalue weighted by Gasteiger charge is -2.17. The van der Waals surface area contributed by atoms with Crippen LogP contribution in [0.25, 0.3) is 0 Å². The van der Waals surface area contributed by atoms with Crippen molar-refractivity contribution in [2.75, 3.05) is 12.4 Å². The average Bonchev–Trinajstić information content (AvgIpc) is 2.74. The summed E-state index contributed by atoms with van der Waals surface area (Å²) in [6, 6.07) is 8.94. The molecule has 0 radical (unpaired) electrons. The minimum absolute atomic E-state index is 0.160. The van der Waals surface area contributed by atoms with E-state index in [1.807, 2.05) is 11.4 Å². The third-order valence-electron chi connectivity index (χ3n) is 2.44. The number of thiophene rings is 1. The van der Waals surface area contributed by atoms with Crippen molar-refractivity contribution in [2.45, 2.75) is 6.54 Å². The van der Waals surface area contributed by atoms with E-state index in [2.05, 4.69) is 21.2 Å². The first kappa shape index (κ1) is 14.4. The molecule has 100 valence electrons. The molecule has 1 heterocycles. The van der Waals surface area contributed by atoms with Crippen molar-refractivity contribution in [1.29, 1.82) is 0 Å². The van der Waals surface area contributed by atoms with Crippen LogP contribution >= 0.6 is 38.9 Å². The van der Waals surface area contributed by atoms with Gasteiger partial charge in [-0.25, -0.2) is 4.79 Å². The van der Waals surface area contributed by atoms with Crippen LogP contribution in [-0.4, -0.2) is 18.0 Å². The van der Waals surface area contributed by atoms with E-state index in [1.54, 1.807) is 47.5 Å². The van der Waals surface area contributed by atoms with Crippen molar-refractivity contribution in [2.24, 2.45) is 0 Å². The first-order valence-corrected chi connectivity index (χ1v) is 7.60. The highest BCUT2D eigenvalue weighted by Crippen LogP contribution is 2.21. The van der Waals surface area contributed by atoms with E-state index in [0.29, 0.717) is 17.3 Å². The SMILES string of the molecule is CN(Cc1cc(Br)cs1)C(=O)Nc1cccc(Cl)c1. The summed E-state index contributed by atoms with van der Waals surface area (Å²) >= 11 is 10.9. The zero-order chi connectivity index (χ0) is 13.8. The van der Waals surface area contributed by atoms with Crippen molar-refractivity contribution in [1.82, 2.24) is 4.90 Å². The smallest absolute Gasteiger partial charge is 0.321 e. The summed E-state index contributed by atoms with van der Waals surface area (Å²) in [7, 11) is 1.76. The standard InChI is InChI=1S/C13H12BrClN2OS/c1-17(7-12-5-9(14)8-19-12)13(18)16-11-4-2-3-10(15)6-11/h2-6,8H,7H2,1H3,(H,16,18). The van der Waals surface area contributed by atoms with Gasteiger partial charge < -0.3 is 10.2 Å². The second-order valence-corrected chi connectivity index (χ2v) is 6.38. The Morgan fingerprint density at radius 1 is 1.47 bits per heavy atom. The van der Waals surface area contributed by atoms with Crippen molar-refractivity contribution in [3.8, 4) is 0 Å².